The van der Waals surface area contributed by atoms with E-state index in [1.165, 1.54) is 37.5 Å². The van der Waals surface area contributed by atoms with Gasteiger partial charge < -0.3 is 15.4 Å². The Morgan fingerprint density at radius 2 is 1.53 bits per heavy atom. The molecule has 0 bridgehead atoms. The summed E-state index contributed by atoms with van der Waals surface area (Å²) in [6, 6.07) is 20.8. The zero-order valence-electron chi connectivity index (χ0n) is 17.1. The van der Waals surface area contributed by atoms with Gasteiger partial charge in [0, 0.05) is 16.8 Å². The molecule has 3 rings (SSSR count). The largest absolute Gasteiger partial charge is 0.496 e. The van der Waals surface area contributed by atoms with Crippen LogP contribution in [0.1, 0.15) is 15.9 Å². The van der Waals surface area contributed by atoms with E-state index in [1.54, 1.807) is 54.6 Å². The number of methoxy groups -OCH3 is 1. The summed E-state index contributed by atoms with van der Waals surface area (Å²) in [5.41, 5.74) is 1.25. The number of anilines is 1. The first-order chi connectivity index (χ1) is 15.3. The van der Waals surface area contributed by atoms with Gasteiger partial charge in [-0.05, 0) is 48.5 Å². The smallest absolute Gasteiger partial charge is 0.272 e. The highest BCUT2D eigenvalue weighted by molar-refractivity contribution is 7.89. The van der Waals surface area contributed by atoms with Crippen molar-refractivity contribution in [2.75, 3.05) is 12.4 Å². The molecule has 0 aliphatic rings. The zero-order valence-corrected chi connectivity index (χ0v) is 17.9. The first-order valence-electron chi connectivity index (χ1n) is 9.43. The van der Waals surface area contributed by atoms with Gasteiger partial charge in [0.15, 0.2) is 0 Å². The van der Waals surface area contributed by atoms with Crippen molar-refractivity contribution in [2.45, 2.75) is 4.90 Å². The minimum absolute atomic E-state index is 0.0288. The number of para-hydroxylation sites is 1. The predicted octanol–water partition coefficient (Wildman–Crippen LogP) is 2.75. The lowest BCUT2D eigenvalue weighted by molar-refractivity contribution is -0.113. The third kappa shape index (κ3) is 5.81. The molecule has 0 saturated heterocycles. The standard InChI is InChI=1S/C23H21N3O5S/c1-31-21-10-6-5-9-17(21)15-20(26-22(27)16-7-3-2-4-8-16)23(28)25-18-11-13-19(14-12-18)32(24,29)30/h2-15H,1H3,(H,25,28)(H,26,27)(H2,24,29,30)/b20-15-. The van der Waals surface area contributed by atoms with Crippen molar-refractivity contribution in [3.8, 4) is 5.75 Å². The van der Waals surface area contributed by atoms with Crippen molar-refractivity contribution in [3.05, 3.63) is 95.7 Å². The Bertz CT molecular complexity index is 1250. The number of carbonyl (C=O) groups excluding carboxylic acids is 2. The highest BCUT2D eigenvalue weighted by Gasteiger charge is 2.16. The summed E-state index contributed by atoms with van der Waals surface area (Å²) in [6.07, 6.45) is 1.49. The Kier molecular flexibility index (Phi) is 7.04. The first kappa shape index (κ1) is 22.7. The summed E-state index contributed by atoms with van der Waals surface area (Å²) >= 11 is 0. The molecule has 4 N–H and O–H groups in total. The molecule has 2 amide bonds. The minimum atomic E-state index is -3.85. The zero-order chi connectivity index (χ0) is 23.1. The summed E-state index contributed by atoms with van der Waals surface area (Å²) < 4.78 is 28.2. The predicted molar refractivity (Wildman–Crippen MR) is 121 cm³/mol. The summed E-state index contributed by atoms with van der Waals surface area (Å²) in [7, 11) is -2.35. The van der Waals surface area contributed by atoms with Gasteiger partial charge in [0.25, 0.3) is 11.8 Å². The molecule has 32 heavy (non-hydrogen) atoms. The van der Waals surface area contributed by atoms with Crippen LogP contribution in [0.3, 0.4) is 0 Å². The maximum absolute atomic E-state index is 13.0. The van der Waals surface area contributed by atoms with Crippen LogP contribution in [-0.2, 0) is 14.8 Å². The van der Waals surface area contributed by atoms with Crippen molar-refractivity contribution in [3.63, 3.8) is 0 Å². The number of carbonyl (C=O) groups is 2. The van der Waals surface area contributed by atoms with Crippen LogP contribution in [0.4, 0.5) is 5.69 Å². The normalized spacial score (nSPS) is 11.5. The van der Waals surface area contributed by atoms with Gasteiger partial charge in [-0.15, -0.1) is 0 Å². The molecule has 3 aromatic rings. The highest BCUT2D eigenvalue weighted by Crippen LogP contribution is 2.21. The van der Waals surface area contributed by atoms with Gasteiger partial charge in [-0.1, -0.05) is 36.4 Å². The molecule has 0 saturated carbocycles. The van der Waals surface area contributed by atoms with Gasteiger partial charge in [0.05, 0.1) is 12.0 Å². The van der Waals surface area contributed by atoms with Crippen LogP contribution < -0.4 is 20.5 Å². The summed E-state index contributed by atoms with van der Waals surface area (Å²) in [4.78, 5) is 25.6. The second kappa shape index (κ2) is 9.90. The van der Waals surface area contributed by atoms with E-state index in [9.17, 15) is 18.0 Å². The number of sulfonamides is 1. The fourth-order valence-corrected chi connectivity index (χ4v) is 3.33. The first-order valence-corrected chi connectivity index (χ1v) is 11.0. The van der Waals surface area contributed by atoms with Gasteiger partial charge in [-0.25, -0.2) is 13.6 Å². The van der Waals surface area contributed by atoms with Crippen molar-refractivity contribution < 1.29 is 22.7 Å². The van der Waals surface area contributed by atoms with E-state index >= 15 is 0 Å². The number of amides is 2. The number of hydrogen-bond acceptors (Lipinski definition) is 5. The number of benzene rings is 3. The van der Waals surface area contributed by atoms with E-state index in [4.69, 9.17) is 9.88 Å². The molecular formula is C23H21N3O5S. The molecule has 0 aliphatic carbocycles. The summed E-state index contributed by atoms with van der Waals surface area (Å²) in [6.45, 7) is 0. The maximum Gasteiger partial charge on any atom is 0.272 e. The van der Waals surface area contributed by atoms with Gasteiger partial charge in [0.2, 0.25) is 10.0 Å². The molecule has 0 aliphatic heterocycles. The van der Waals surface area contributed by atoms with E-state index in [0.717, 1.165) is 0 Å². The second-order valence-electron chi connectivity index (χ2n) is 6.64. The number of nitrogens with one attached hydrogen (secondary N) is 2. The van der Waals surface area contributed by atoms with Crippen molar-refractivity contribution in [1.29, 1.82) is 0 Å². The van der Waals surface area contributed by atoms with E-state index in [0.29, 0.717) is 22.6 Å². The lowest BCUT2D eigenvalue weighted by Gasteiger charge is -2.12. The minimum Gasteiger partial charge on any atom is -0.496 e. The molecule has 9 heteroatoms. The SMILES string of the molecule is COc1ccccc1/C=C(\NC(=O)c1ccccc1)C(=O)Nc1ccc(S(N)(=O)=O)cc1. The van der Waals surface area contributed by atoms with Crippen LogP contribution in [0.2, 0.25) is 0 Å². The highest BCUT2D eigenvalue weighted by atomic mass is 32.2. The quantitative estimate of drug-likeness (QED) is 0.476. The molecule has 3 aromatic carbocycles. The van der Waals surface area contributed by atoms with Crippen molar-refractivity contribution >= 4 is 33.6 Å². The van der Waals surface area contributed by atoms with Crippen LogP contribution in [0, 0.1) is 0 Å². The number of primary sulfonamides is 1. The Labute approximate surface area is 185 Å². The molecule has 0 atom stereocenters. The fraction of sp³-hybridized carbons (Fsp3) is 0.0435. The molecule has 0 heterocycles. The van der Waals surface area contributed by atoms with Crippen LogP contribution in [0.5, 0.6) is 5.75 Å². The average Bonchev–Trinajstić information content (AvgIpc) is 2.79. The van der Waals surface area contributed by atoms with Gasteiger partial charge in [0.1, 0.15) is 11.4 Å². The molecule has 0 aromatic heterocycles. The van der Waals surface area contributed by atoms with Gasteiger partial charge >= 0.3 is 0 Å². The van der Waals surface area contributed by atoms with E-state index < -0.39 is 21.8 Å². The van der Waals surface area contributed by atoms with Crippen LogP contribution in [-0.4, -0.2) is 27.3 Å². The third-order valence-corrected chi connectivity index (χ3v) is 5.34. The lowest BCUT2D eigenvalue weighted by atomic mass is 10.1. The molecule has 8 nitrogen and oxygen atoms in total. The Morgan fingerprint density at radius 1 is 0.906 bits per heavy atom. The van der Waals surface area contributed by atoms with Crippen molar-refractivity contribution in [2.24, 2.45) is 5.14 Å². The number of nitrogens with two attached hydrogens (primary N) is 1. The fourth-order valence-electron chi connectivity index (χ4n) is 2.81. The van der Waals surface area contributed by atoms with Gasteiger partial charge in [-0.3, -0.25) is 9.59 Å². The number of hydrogen-bond donors (Lipinski definition) is 3. The topological polar surface area (TPSA) is 128 Å². The second-order valence-corrected chi connectivity index (χ2v) is 8.21. The molecular weight excluding hydrogens is 430 g/mol. The van der Waals surface area contributed by atoms with E-state index in [-0.39, 0.29) is 10.6 Å². The third-order valence-electron chi connectivity index (χ3n) is 4.41. The maximum atomic E-state index is 13.0. The molecule has 0 spiro atoms. The Hall–Kier alpha value is -3.95. The number of ether oxygens (including phenoxy) is 1. The van der Waals surface area contributed by atoms with Crippen LogP contribution >= 0.6 is 0 Å². The molecule has 0 unspecified atom stereocenters. The summed E-state index contributed by atoms with van der Waals surface area (Å²) in [5, 5.41) is 10.4. The summed E-state index contributed by atoms with van der Waals surface area (Å²) in [5.74, 6) is -0.556. The van der Waals surface area contributed by atoms with E-state index in [1.807, 2.05) is 0 Å². The Balaban J connectivity index is 1.91. The average molecular weight is 452 g/mol. The monoisotopic (exact) mass is 451 g/mol. The molecule has 0 fully saturated rings. The van der Waals surface area contributed by atoms with Gasteiger partial charge in [-0.2, -0.15) is 0 Å². The van der Waals surface area contributed by atoms with Crippen LogP contribution in [0.15, 0.2) is 89.5 Å². The molecule has 0 radical (unpaired) electrons. The number of rotatable bonds is 7. The van der Waals surface area contributed by atoms with E-state index in [2.05, 4.69) is 10.6 Å². The van der Waals surface area contributed by atoms with Crippen LogP contribution in [0.25, 0.3) is 6.08 Å². The lowest BCUT2D eigenvalue weighted by Crippen LogP contribution is -2.30. The van der Waals surface area contributed by atoms with Crippen molar-refractivity contribution in [1.82, 2.24) is 5.32 Å². The molecule has 164 valence electrons. The Morgan fingerprint density at radius 3 is 2.16 bits per heavy atom.